The molecule has 7 heteroatoms. The Morgan fingerprint density at radius 2 is 1.80 bits per heavy atom. The van der Waals surface area contributed by atoms with Gasteiger partial charge in [-0.3, -0.25) is 4.57 Å². The molecule has 1 aromatic carbocycles. The minimum Gasteiger partial charge on any atom is -0.494 e. The van der Waals surface area contributed by atoms with E-state index in [1.165, 1.54) is 19.2 Å². The molecule has 0 spiro atoms. The molecule has 0 atom stereocenters. The van der Waals surface area contributed by atoms with Gasteiger partial charge in [-0.05, 0) is 17.7 Å². The predicted molar refractivity (Wildman–Crippen MR) is 58.8 cm³/mol. The summed E-state index contributed by atoms with van der Waals surface area (Å²) in [7, 11) is -2.70. The van der Waals surface area contributed by atoms with Crippen molar-refractivity contribution in [2.75, 3.05) is 7.11 Å². The summed E-state index contributed by atoms with van der Waals surface area (Å²) in [6.07, 6.45) is -0.392. The third kappa shape index (κ3) is 3.67. The first-order valence-corrected chi connectivity index (χ1v) is 6.45. The Labute approximate surface area is 96.9 Å². The largest absolute Gasteiger partial charge is 0.494 e. The van der Waals surface area contributed by atoms with Crippen molar-refractivity contribution in [3.63, 3.8) is 0 Å². The Balaban J connectivity index is 3.09. The van der Waals surface area contributed by atoms with Crippen molar-refractivity contribution in [1.29, 1.82) is 0 Å². The lowest BCUT2D eigenvalue weighted by atomic mass is 10.2. The van der Waals surface area contributed by atoms with E-state index in [4.69, 9.17) is 37.7 Å². The lowest BCUT2D eigenvalue weighted by Crippen LogP contribution is -1.91. The van der Waals surface area contributed by atoms with Crippen LogP contribution in [0.1, 0.15) is 5.56 Å². The molecule has 0 radical (unpaired) electrons. The number of ether oxygens (including phenoxy) is 1. The molecule has 0 aliphatic heterocycles. The number of benzene rings is 1. The number of halogens is 2. The average molecular weight is 271 g/mol. The van der Waals surface area contributed by atoms with Gasteiger partial charge in [0.1, 0.15) is 0 Å². The Kier molecular flexibility index (Phi) is 4.04. The van der Waals surface area contributed by atoms with Crippen LogP contribution in [0.15, 0.2) is 12.1 Å². The third-order valence-electron chi connectivity index (χ3n) is 1.65. The highest BCUT2D eigenvalue weighted by molar-refractivity contribution is 7.50. The van der Waals surface area contributed by atoms with Crippen LogP contribution < -0.4 is 4.74 Å². The number of methoxy groups -OCH3 is 1. The summed E-state index contributed by atoms with van der Waals surface area (Å²) in [4.78, 5) is 17.5. The highest BCUT2D eigenvalue weighted by Gasteiger charge is 2.16. The van der Waals surface area contributed by atoms with Crippen molar-refractivity contribution < 1.29 is 19.1 Å². The van der Waals surface area contributed by atoms with E-state index < -0.39 is 13.8 Å². The van der Waals surface area contributed by atoms with Crippen molar-refractivity contribution in [3.05, 3.63) is 27.7 Å². The van der Waals surface area contributed by atoms with Crippen LogP contribution in [0.2, 0.25) is 10.0 Å². The second-order valence-electron chi connectivity index (χ2n) is 2.92. The van der Waals surface area contributed by atoms with E-state index in [2.05, 4.69) is 0 Å². The Morgan fingerprint density at radius 3 is 2.13 bits per heavy atom. The Bertz CT molecular complexity index is 392. The van der Waals surface area contributed by atoms with E-state index in [9.17, 15) is 4.57 Å². The van der Waals surface area contributed by atoms with E-state index in [1.54, 1.807) is 0 Å². The maximum atomic E-state index is 10.8. The SMILES string of the molecule is COc1c(Cl)cc(CP(=O)(O)O)cc1Cl. The van der Waals surface area contributed by atoms with Crippen LogP contribution in [-0.2, 0) is 10.7 Å². The van der Waals surface area contributed by atoms with E-state index in [0.29, 0.717) is 11.3 Å². The van der Waals surface area contributed by atoms with Gasteiger partial charge < -0.3 is 14.5 Å². The quantitative estimate of drug-likeness (QED) is 0.829. The highest BCUT2D eigenvalue weighted by atomic mass is 35.5. The predicted octanol–water partition coefficient (Wildman–Crippen LogP) is 2.68. The van der Waals surface area contributed by atoms with Crippen molar-refractivity contribution >= 4 is 30.8 Å². The van der Waals surface area contributed by atoms with Gasteiger partial charge in [-0.2, -0.15) is 0 Å². The first kappa shape index (κ1) is 12.8. The van der Waals surface area contributed by atoms with Gasteiger partial charge in [-0.25, -0.2) is 0 Å². The monoisotopic (exact) mass is 270 g/mol. The van der Waals surface area contributed by atoms with Crippen molar-refractivity contribution in [2.45, 2.75) is 6.16 Å². The maximum Gasteiger partial charge on any atom is 0.329 e. The van der Waals surface area contributed by atoms with E-state index in [1.807, 2.05) is 0 Å². The zero-order valence-electron chi connectivity index (χ0n) is 7.78. The molecule has 15 heavy (non-hydrogen) atoms. The molecule has 4 nitrogen and oxygen atoms in total. The smallest absolute Gasteiger partial charge is 0.329 e. The molecule has 0 amide bonds. The lowest BCUT2D eigenvalue weighted by Gasteiger charge is -2.09. The summed E-state index contributed by atoms with van der Waals surface area (Å²) >= 11 is 11.6. The number of hydrogen-bond donors (Lipinski definition) is 2. The number of hydrogen-bond acceptors (Lipinski definition) is 2. The van der Waals surface area contributed by atoms with Gasteiger partial charge in [0, 0.05) is 0 Å². The minimum absolute atomic E-state index is 0.230. The highest BCUT2D eigenvalue weighted by Crippen LogP contribution is 2.42. The first-order valence-electron chi connectivity index (χ1n) is 3.90. The van der Waals surface area contributed by atoms with Crippen LogP contribution in [0.3, 0.4) is 0 Å². The molecule has 0 unspecified atom stereocenters. The summed E-state index contributed by atoms with van der Waals surface area (Å²) < 4.78 is 15.7. The molecule has 0 saturated heterocycles. The average Bonchev–Trinajstić information content (AvgIpc) is 1.99. The minimum atomic E-state index is -4.11. The van der Waals surface area contributed by atoms with E-state index >= 15 is 0 Å². The summed E-state index contributed by atoms with van der Waals surface area (Å²) in [5.41, 5.74) is 0.374. The van der Waals surface area contributed by atoms with Gasteiger partial charge in [0.05, 0.1) is 23.3 Å². The van der Waals surface area contributed by atoms with Crippen molar-refractivity contribution in [1.82, 2.24) is 0 Å². The molecule has 0 bridgehead atoms. The zero-order valence-corrected chi connectivity index (χ0v) is 10.2. The topological polar surface area (TPSA) is 66.8 Å². The van der Waals surface area contributed by atoms with Crippen LogP contribution in [0.4, 0.5) is 0 Å². The van der Waals surface area contributed by atoms with Gasteiger partial charge in [0.2, 0.25) is 0 Å². The third-order valence-corrected chi connectivity index (χ3v) is 2.99. The van der Waals surface area contributed by atoms with Gasteiger partial charge in [-0.15, -0.1) is 0 Å². The second-order valence-corrected chi connectivity index (χ2v) is 5.38. The lowest BCUT2D eigenvalue weighted by molar-refractivity contribution is 0.371. The molecule has 0 saturated carbocycles. The molecule has 84 valence electrons. The van der Waals surface area contributed by atoms with Crippen LogP contribution in [-0.4, -0.2) is 16.9 Å². The standard InChI is InChI=1S/C8H9Cl2O4P/c1-14-8-6(9)2-5(3-7(8)10)4-15(11,12)13/h2-3H,4H2,1H3,(H2,11,12,13). The summed E-state index contributed by atoms with van der Waals surface area (Å²) in [6.45, 7) is 0. The van der Waals surface area contributed by atoms with Crippen molar-refractivity contribution in [3.8, 4) is 5.75 Å². The maximum absolute atomic E-state index is 10.8. The molecular formula is C8H9Cl2O4P. The van der Waals surface area contributed by atoms with Gasteiger partial charge in [0.25, 0.3) is 0 Å². The van der Waals surface area contributed by atoms with Crippen LogP contribution in [0.5, 0.6) is 5.75 Å². The second kappa shape index (κ2) is 4.73. The van der Waals surface area contributed by atoms with Crippen LogP contribution in [0.25, 0.3) is 0 Å². The normalized spacial score (nSPS) is 11.5. The molecule has 0 aliphatic rings. The molecule has 1 rings (SSSR count). The molecular weight excluding hydrogens is 262 g/mol. The van der Waals surface area contributed by atoms with Gasteiger partial charge in [0.15, 0.2) is 5.75 Å². The molecule has 1 aromatic rings. The van der Waals surface area contributed by atoms with Crippen LogP contribution in [0, 0.1) is 0 Å². The van der Waals surface area contributed by atoms with E-state index in [0.717, 1.165) is 0 Å². The molecule has 2 N–H and O–H groups in total. The zero-order chi connectivity index (χ0) is 11.6. The Morgan fingerprint density at radius 1 is 1.33 bits per heavy atom. The Hall–Kier alpha value is -0.250. The molecule has 0 fully saturated rings. The summed E-state index contributed by atoms with van der Waals surface area (Å²) in [6, 6.07) is 2.84. The fraction of sp³-hybridized carbons (Fsp3) is 0.250. The summed E-state index contributed by atoms with van der Waals surface area (Å²) in [5.74, 6) is 0.299. The summed E-state index contributed by atoms with van der Waals surface area (Å²) in [5, 5.41) is 0.460. The molecule has 0 aromatic heterocycles. The first-order chi connectivity index (χ1) is 6.83. The number of rotatable bonds is 3. The molecule has 0 aliphatic carbocycles. The van der Waals surface area contributed by atoms with Crippen LogP contribution >= 0.6 is 30.8 Å². The van der Waals surface area contributed by atoms with Gasteiger partial charge >= 0.3 is 7.60 Å². The van der Waals surface area contributed by atoms with Gasteiger partial charge in [-0.1, -0.05) is 23.2 Å². The van der Waals surface area contributed by atoms with E-state index in [-0.39, 0.29) is 10.0 Å². The van der Waals surface area contributed by atoms with Crippen molar-refractivity contribution in [2.24, 2.45) is 0 Å². The molecule has 0 heterocycles. The fourth-order valence-corrected chi connectivity index (χ4v) is 2.48. The fourth-order valence-electron chi connectivity index (χ4n) is 1.14.